The van der Waals surface area contributed by atoms with Crippen LogP contribution in [0.5, 0.6) is 0 Å². The van der Waals surface area contributed by atoms with E-state index in [1.165, 1.54) is 38.9 Å². The lowest BCUT2D eigenvalue weighted by atomic mass is 9.60. The number of nitrogens with zero attached hydrogens (tertiary/aromatic N) is 6. The minimum absolute atomic E-state index is 0.0657. The zero-order valence-electron chi connectivity index (χ0n) is 36.8. The molecule has 3 heterocycles. The minimum Gasteiger partial charge on any atom is -0.264 e. The second-order valence-electron chi connectivity index (χ2n) is 17.4. The molecule has 2 atom stereocenters. The molecule has 2 unspecified atom stereocenters. The Balaban J connectivity index is 0.899. The van der Waals surface area contributed by atoms with Crippen molar-refractivity contribution >= 4 is 0 Å². The van der Waals surface area contributed by atoms with E-state index in [9.17, 15) is 0 Å². The van der Waals surface area contributed by atoms with E-state index in [0.717, 1.165) is 61.5 Å². The van der Waals surface area contributed by atoms with Crippen molar-refractivity contribution in [2.75, 3.05) is 0 Å². The van der Waals surface area contributed by atoms with Gasteiger partial charge < -0.3 is 0 Å². The first-order valence-corrected chi connectivity index (χ1v) is 23.0. The summed E-state index contributed by atoms with van der Waals surface area (Å²) in [6.45, 7) is 0. The quantitative estimate of drug-likeness (QED) is 0.151. The lowest BCUT2D eigenvalue weighted by Crippen LogP contribution is -2.27. The molecule has 0 fully saturated rings. The van der Waals surface area contributed by atoms with Crippen LogP contribution in [0.1, 0.15) is 45.2 Å². The maximum Gasteiger partial charge on any atom is 0.164 e. The standard InChI is InChI=1S/C62H40N6/c1-4-16-39(17-5-1)59-64-55(37-56(65-59)48-26-11-10-25-47(48)46-24-15-33-63-38-46)44-23-14-22-42(34-44)43-29-31-51-53(35-43)57-49-27-12-13-28-50(49)58(51)54-36-45(30-32-52(54)57)62-67-60(40-18-6-2-7-19-40)66-61(68-62)41-20-8-3-9-21-41/h1-38,57-58H. The van der Waals surface area contributed by atoms with Crippen molar-refractivity contribution in [2.24, 2.45) is 0 Å². The van der Waals surface area contributed by atoms with Crippen molar-refractivity contribution in [3.8, 4) is 90.3 Å². The molecule has 0 N–H and O–H groups in total. The molecule has 6 heteroatoms. The molecule has 8 aromatic carbocycles. The first-order valence-electron chi connectivity index (χ1n) is 23.0. The van der Waals surface area contributed by atoms with E-state index in [-0.39, 0.29) is 11.8 Å². The van der Waals surface area contributed by atoms with E-state index in [4.69, 9.17) is 24.9 Å². The molecule has 3 aliphatic carbocycles. The van der Waals surface area contributed by atoms with Crippen molar-refractivity contribution < 1.29 is 0 Å². The molecule has 318 valence electrons. The monoisotopic (exact) mass is 868 g/mol. The predicted molar refractivity (Wildman–Crippen MR) is 271 cm³/mol. The lowest BCUT2D eigenvalue weighted by molar-refractivity contribution is 0.755. The second-order valence-corrected chi connectivity index (χ2v) is 17.4. The minimum atomic E-state index is 0.0657. The van der Waals surface area contributed by atoms with Gasteiger partial charge in [-0.05, 0) is 80.4 Å². The fourth-order valence-corrected chi connectivity index (χ4v) is 10.3. The highest BCUT2D eigenvalue weighted by atomic mass is 15.0. The summed E-state index contributed by atoms with van der Waals surface area (Å²) in [7, 11) is 0. The molecular formula is C62H40N6. The molecular weight excluding hydrogens is 829 g/mol. The van der Waals surface area contributed by atoms with E-state index in [1.54, 1.807) is 6.20 Å². The molecule has 3 aromatic heterocycles. The van der Waals surface area contributed by atoms with Crippen LogP contribution in [0.15, 0.2) is 231 Å². The highest BCUT2D eigenvalue weighted by Gasteiger charge is 2.41. The van der Waals surface area contributed by atoms with Gasteiger partial charge in [-0.2, -0.15) is 0 Å². The molecule has 14 rings (SSSR count). The summed E-state index contributed by atoms with van der Waals surface area (Å²) >= 11 is 0. The van der Waals surface area contributed by atoms with Crippen molar-refractivity contribution in [2.45, 2.75) is 11.8 Å². The summed E-state index contributed by atoms with van der Waals surface area (Å²) in [6, 6.07) is 76.8. The van der Waals surface area contributed by atoms with Crippen molar-refractivity contribution in [3.05, 3.63) is 264 Å². The lowest BCUT2D eigenvalue weighted by Gasteiger charge is -2.42. The average Bonchev–Trinajstić information content (AvgIpc) is 3.43. The maximum absolute atomic E-state index is 5.22. The highest BCUT2D eigenvalue weighted by molar-refractivity contribution is 5.85. The molecule has 0 aliphatic heterocycles. The smallest absolute Gasteiger partial charge is 0.164 e. The molecule has 0 radical (unpaired) electrons. The summed E-state index contributed by atoms with van der Waals surface area (Å²) in [4.78, 5) is 30.0. The third-order valence-electron chi connectivity index (χ3n) is 13.4. The van der Waals surface area contributed by atoms with Gasteiger partial charge in [0, 0.05) is 63.2 Å². The van der Waals surface area contributed by atoms with Crippen LogP contribution in [-0.4, -0.2) is 29.9 Å². The van der Waals surface area contributed by atoms with E-state index in [1.807, 2.05) is 66.9 Å². The van der Waals surface area contributed by atoms with Gasteiger partial charge in [-0.25, -0.2) is 24.9 Å². The van der Waals surface area contributed by atoms with E-state index in [2.05, 4.69) is 163 Å². The molecule has 0 saturated carbocycles. The number of hydrogen-bond acceptors (Lipinski definition) is 6. The average molecular weight is 869 g/mol. The van der Waals surface area contributed by atoms with Crippen LogP contribution in [0, 0.1) is 0 Å². The van der Waals surface area contributed by atoms with Gasteiger partial charge >= 0.3 is 0 Å². The van der Waals surface area contributed by atoms with Crippen LogP contribution in [0.3, 0.4) is 0 Å². The largest absolute Gasteiger partial charge is 0.264 e. The first-order chi connectivity index (χ1) is 33.7. The normalized spacial score (nSPS) is 14.2. The van der Waals surface area contributed by atoms with Crippen LogP contribution >= 0.6 is 0 Å². The maximum atomic E-state index is 5.22. The van der Waals surface area contributed by atoms with Gasteiger partial charge in [0.1, 0.15) is 0 Å². The Bertz CT molecular complexity index is 3630. The van der Waals surface area contributed by atoms with Gasteiger partial charge in [0.25, 0.3) is 0 Å². The van der Waals surface area contributed by atoms with E-state index < -0.39 is 0 Å². The topological polar surface area (TPSA) is 77.3 Å². The first kappa shape index (κ1) is 39.4. The summed E-state index contributed by atoms with van der Waals surface area (Å²) in [5, 5.41) is 0. The summed E-state index contributed by atoms with van der Waals surface area (Å²) in [6.07, 6.45) is 3.71. The molecule has 11 aromatic rings. The molecule has 0 spiro atoms. The summed E-state index contributed by atoms with van der Waals surface area (Å²) in [5.74, 6) is 2.80. The van der Waals surface area contributed by atoms with Crippen LogP contribution < -0.4 is 0 Å². The van der Waals surface area contributed by atoms with Crippen molar-refractivity contribution in [1.29, 1.82) is 0 Å². The zero-order valence-corrected chi connectivity index (χ0v) is 36.8. The Hall–Kier alpha value is -9.00. The van der Waals surface area contributed by atoms with E-state index in [0.29, 0.717) is 23.3 Å². The number of benzene rings is 8. The van der Waals surface area contributed by atoms with Crippen molar-refractivity contribution in [3.63, 3.8) is 0 Å². The van der Waals surface area contributed by atoms with Crippen molar-refractivity contribution in [1.82, 2.24) is 29.9 Å². The van der Waals surface area contributed by atoms with Crippen LogP contribution in [0.4, 0.5) is 0 Å². The van der Waals surface area contributed by atoms with Crippen LogP contribution in [-0.2, 0) is 0 Å². The molecule has 68 heavy (non-hydrogen) atoms. The Morgan fingerprint density at radius 1 is 0.250 bits per heavy atom. The summed E-state index contributed by atoms with van der Waals surface area (Å²) < 4.78 is 0. The predicted octanol–water partition coefficient (Wildman–Crippen LogP) is 14.4. The number of aromatic nitrogens is 6. The summed E-state index contributed by atoms with van der Waals surface area (Å²) in [5.41, 5.74) is 20.0. The molecule has 2 bridgehead atoms. The molecule has 0 saturated heterocycles. The zero-order chi connectivity index (χ0) is 45.0. The molecule has 0 amide bonds. The number of hydrogen-bond donors (Lipinski definition) is 0. The number of rotatable bonds is 8. The second kappa shape index (κ2) is 16.5. The van der Waals surface area contributed by atoms with Gasteiger partial charge in [-0.1, -0.05) is 188 Å². The Morgan fingerprint density at radius 2 is 0.691 bits per heavy atom. The highest BCUT2D eigenvalue weighted by Crippen LogP contribution is 2.56. The molecule has 6 nitrogen and oxygen atoms in total. The van der Waals surface area contributed by atoms with Crippen LogP contribution in [0.2, 0.25) is 0 Å². The van der Waals surface area contributed by atoms with Crippen LogP contribution in [0.25, 0.3) is 90.3 Å². The SMILES string of the molecule is c1ccc(-c2nc(-c3cccc(-c4ccc5c(c4)C4c6ccccc6C5c5cc(-c6nc(-c7ccccc7)nc(-c7ccccc7)n6)ccc54)c3)cc(-c3ccccc3-c3cccnc3)n2)cc1. The van der Waals surface area contributed by atoms with Gasteiger partial charge in [0.05, 0.1) is 11.4 Å². The van der Waals surface area contributed by atoms with E-state index >= 15 is 0 Å². The fourth-order valence-electron chi connectivity index (χ4n) is 10.3. The van der Waals surface area contributed by atoms with Gasteiger partial charge in [-0.15, -0.1) is 0 Å². The Kier molecular flexibility index (Phi) is 9.53. The fraction of sp³-hybridized carbons (Fsp3) is 0.0323. The van der Waals surface area contributed by atoms with Gasteiger partial charge in [0.15, 0.2) is 23.3 Å². The van der Waals surface area contributed by atoms with Gasteiger partial charge in [0.2, 0.25) is 0 Å². The Labute approximate surface area is 394 Å². The molecule has 3 aliphatic rings. The third kappa shape index (κ3) is 6.90. The third-order valence-corrected chi connectivity index (χ3v) is 13.4. The number of pyridine rings is 1. The Morgan fingerprint density at radius 3 is 1.29 bits per heavy atom. The van der Waals surface area contributed by atoms with Gasteiger partial charge in [-0.3, -0.25) is 4.98 Å².